The Kier molecular flexibility index (Phi) is 4.06. The van der Waals surface area contributed by atoms with Gasteiger partial charge in [0.15, 0.2) is 0 Å². The predicted molar refractivity (Wildman–Crippen MR) is 88.5 cm³/mol. The molecule has 3 aromatic rings. The fourth-order valence-corrected chi connectivity index (χ4v) is 2.69. The molecule has 0 saturated heterocycles. The fraction of sp³-hybridized carbons (Fsp3) is 0.176. The zero-order valence-corrected chi connectivity index (χ0v) is 13.2. The van der Waals surface area contributed by atoms with Crippen LogP contribution in [0.1, 0.15) is 24.4 Å². The van der Waals surface area contributed by atoms with Crippen molar-refractivity contribution in [2.75, 3.05) is 7.05 Å². The number of benzene rings is 1. The highest BCUT2D eigenvalue weighted by Crippen LogP contribution is 2.26. The highest BCUT2D eigenvalue weighted by Gasteiger charge is 2.19. The van der Waals surface area contributed by atoms with Crippen molar-refractivity contribution >= 4 is 34.3 Å². The van der Waals surface area contributed by atoms with Gasteiger partial charge in [-0.15, -0.1) is 11.3 Å². The molecule has 0 spiro atoms. The predicted octanol–water partition coefficient (Wildman–Crippen LogP) is 4.12. The molecule has 0 bridgehead atoms. The third kappa shape index (κ3) is 2.94. The first-order valence-electron chi connectivity index (χ1n) is 6.96. The minimum Gasteiger partial charge on any atom is -0.459 e. The number of para-hydroxylation sites is 1. The lowest BCUT2D eigenvalue weighted by Crippen LogP contribution is -2.27. The molecule has 112 valence electrons. The number of rotatable bonds is 4. The van der Waals surface area contributed by atoms with E-state index in [0.29, 0.717) is 0 Å². The summed E-state index contributed by atoms with van der Waals surface area (Å²) in [7, 11) is 1.77. The normalized spacial score (nSPS) is 12.8. The van der Waals surface area contributed by atoms with E-state index in [-0.39, 0.29) is 11.9 Å². The highest BCUT2D eigenvalue weighted by atomic mass is 32.1. The number of carbonyl (C=O) groups excluding carboxylic acids is 1. The van der Waals surface area contributed by atoms with Crippen molar-refractivity contribution in [1.29, 1.82) is 0 Å². The molecule has 0 unspecified atom stereocenters. The second-order valence-electron chi connectivity index (χ2n) is 5.06. The van der Waals surface area contributed by atoms with Crippen LogP contribution >= 0.6 is 11.3 Å². The third-order valence-electron chi connectivity index (χ3n) is 3.63. The van der Waals surface area contributed by atoms with Gasteiger partial charge in [0, 0.05) is 23.9 Å². The van der Waals surface area contributed by atoms with Gasteiger partial charge in [-0.2, -0.15) is 0 Å². The van der Waals surface area contributed by atoms with Gasteiger partial charge in [-0.3, -0.25) is 4.79 Å². The molecule has 0 fully saturated rings. The quantitative estimate of drug-likeness (QED) is 0.681. The van der Waals surface area contributed by atoms with Gasteiger partial charge >= 0.3 is 0 Å². The van der Waals surface area contributed by atoms with Crippen molar-refractivity contribution in [1.82, 2.24) is 9.88 Å². The molecule has 1 amide bonds. The molecule has 3 rings (SSSR count). The van der Waals surface area contributed by atoms with E-state index in [4.69, 9.17) is 4.42 Å². The van der Waals surface area contributed by atoms with E-state index in [2.05, 4.69) is 4.98 Å². The van der Waals surface area contributed by atoms with Crippen LogP contribution in [0.4, 0.5) is 0 Å². The molecule has 2 aromatic heterocycles. The minimum absolute atomic E-state index is 0.0824. The molecule has 1 aromatic carbocycles. The maximum atomic E-state index is 12.2. The third-order valence-corrected chi connectivity index (χ3v) is 4.24. The summed E-state index contributed by atoms with van der Waals surface area (Å²) in [6.45, 7) is 1.95. The Morgan fingerprint density at radius 1 is 1.41 bits per heavy atom. The molecule has 4 nitrogen and oxygen atoms in total. The Bertz CT molecular complexity index is 772. The number of fused-ring (bicyclic) bond motifs is 1. The lowest BCUT2D eigenvalue weighted by molar-refractivity contribution is -0.126. The second-order valence-corrected chi connectivity index (χ2v) is 5.78. The van der Waals surface area contributed by atoms with Crippen LogP contribution in [0.3, 0.4) is 0 Å². The molecule has 0 radical (unpaired) electrons. The summed E-state index contributed by atoms with van der Waals surface area (Å²) in [6, 6.07) is 9.67. The summed E-state index contributed by atoms with van der Waals surface area (Å²) < 4.78 is 5.82. The van der Waals surface area contributed by atoms with Gasteiger partial charge < -0.3 is 9.32 Å². The Labute approximate surface area is 132 Å². The summed E-state index contributed by atoms with van der Waals surface area (Å²) >= 11 is 1.50. The number of aromatic nitrogens is 1. The van der Waals surface area contributed by atoms with E-state index in [0.717, 1.165) is 22.4 Å². The largest absolute Gasteiger partial charge is 0.459 e. The Hall–Kier alpha value is -2.40. The van der Waals surface area contributed by atoms with Crippen LogP contribution in [0.15, 0.2) is 51.7 Å². The molecule has 0 aliphatic heterocycles. The van der Waals surface area contributed by atoms with Crippen LogP contribution in [-0.4, -0.2) is 22.8 Å². The first-order valence-corrected chi connectivity index (χ1v) is 7.91. The number of nitrogens with zero attached hydrogens (tertiary/aromatic N) is 2. The number of hydrogen-bond donors (Lipinski definition) is 0. The van der Waals surface area contributed by atoms with Gasteiger partial charge in [0.05, 0.1) is 17.2 Å². The first-order chi connectivity index (χ1) is 10.6. The molecular weight excluding hydrogens is 296 g/mol. The molecular formula is C17H16N2O2S. The van der Waals surface area contributed by atoms with Crippen LogP contribution in [-0.2, 0) is 4.79 Å². The van der Waals surface area contributed by atoms with E-state index in [1.807, 2.05) is 42.6 Å². The zero-order valence-electron chi connectivity index (χ0n) is 12.4. The Morgan fingerprint density at radius 2 is 2.23 bits per heavy atom. The molecule has 1 atom stereocenters. The van der Waals surface area contributed by atoms with Crippen molar-refractivity contribution in [3.8, 4) is 0 Å². The van der Waals surface area contributed by atoms with Crippen molar-refractivity contribution in [2.24, 2.45) is 0 Å². The Morgan fingerprint density at radius 3 is 2.95 bits per heavy atom. The maximum Gasteiger partial charge on any atom is 0.246 e. The van der Waals surface area contributed by atoms with E-state index in [1.165, 1.54) is 17.4 Å². The fourth-order valence-electron chi connectivity index (χ4n) is 2.17. The Balaban J connectivity index is 1.75. The number of hydrogen-bond acceptors (Lipinski definition) is 4. The lowest BCUT2D eigenvalue weighted by Gasteiger charge is -2.21. The molecule has 2 heterocycles. The topological polar surface area (TPSA) is 46.3 Å². The van der Waals surface area contributed by atoms with Crippen LogP contribution < -0.4 is 0 Å². The monoisotopic (exact) mass is 312 g/mol. The molecule has 5 heteroatoms. The van der Waals surface area contributed by atoms with Crippen molar-refractivity contribution in [3.05, 3.63) is 58.8 Å². The molecule has 0 N–H and O–H groups in total. The highest BCUT2D eigenvalue weighted by molar-refractivity contribution is 7.07. The standard InChI is InChI=1S/C17H16N2O2S/c1-12(16-9-13-5-3-4-6-15(13)21-16)19(2)17(20)8-7-14-10-22-11-18-14/h3-12H,1-2H3/b8-7-/t12-/m0/s1. The second kappa shape index (κ2) is 6.15. The SMILES string of the molecule is C[C@@H](c1cc2ccccc2o1)N(C)C(=O)/C=C\c1cscn1. The van der Waals surface area contributed by atoms with Gasteiger partial charge in [0.2, 0.25) is 5.91 Å². The summed E-state index contributed by atoms with van der Waals surface area (Å²) in [5.74, 6) is 0.695. The van der Waals surface area contributed by atoms with Gasteiger partial charge in [0.25, 0.3) is 0 Å². The number of furan rings is 1. The molecule has 22 heavy (non-hydrogen) atoms. The van der Waals surface area contributed by atoms with Crippen LogP contribution in [0.25, 0.3) is 17.0 Å². The number of carbonyl (C=O) groups is 1. The van der Waals surface area contributed by atoms with E-state index in [1.54, 1.807) is 23.5 Å². The zero-order chi connectivity index (χ0) is 15.5. The van der Waals surface area contributed by atoms with Crippen molar-refractivity contribution in [2.45, 2.75) is 13.0 Å². The van der Waals surface area contributed by atoms with Gasteiger partial charge in [-0.1, -0.05) is 18.2 Å². The summed E-state index contributed by atoms with van der Waals surface area (Å²) in [4.78, 5) is 18.0. The van der Waals surface area contributed by atoms with Crippen LogP contribution in [0.2, 0.25) is 0 Å². The van der Waals surface area contributed by atoms with Gasteiger partial charge in [-0.25, -0.2) is 4.98 Å². The first kappa shape index (κ1) is 14.5. The molecule has 0 aliphatic carbocycles. The van der Waals surface area contributed by atoms with E-state index in [9.17, 15) is 4.79 Å². The average molecular weight is 312 g/mol. The minimum atomic E-state index is -0.139. The molecule has 0 saturated carbocycles. The number of amides is 1. The maximum absolute atomic E-state index is 12.2. The number of likely N-dealkylation sites (N-methyl/N-ethyl adjacent to an activating group) is 1. The molecule has 0 aliphatic rings. The summed E-state index contributed by atoms with van der Waals surface area (Å²) in [5, 5.41) is 2.94. The lowest BCUT2D eigenvalue weighted by atomic mass is 10.2. The van der Waals surface area contributed by atoms with E-state index < -0.39 is 0 Å². The van der Waals surface area contributed by atoms with Crippen molar-refractivity contribution in [3.63, 3.8) is 0 Å². The van der Waals surface area contributed by atoms with Crippen molar-refractivity contribution < 1.29 is 9.21 Å². The summed E-state index contributed by atoms with van der Waals surface area (Å²) in [6.07, 6.45) is 3.26. The van der Waals surface area contributed by atoms with E-state index >= 15 is 0 Å². The van der Waals surface area contributed by atoms with Crippen LogP contribution in [0, 0.1) is 0 Å². The summed E-state index contributed by atoms with van der Waals surface area (Å²) in [5.41, 5.74) is 3.37. The average Bonchev–Trinajstić information content (AvgIpc) is 3.19. The van der Waals surface area contributed by atoms with Crippen LogP contribution in [0.5, 0.6) is 0 Å². The number of thiazole rings is 1. The van der Waals surface area contributed by atoms with Gasteiger partial charge in [-0.05, 0) is 25.1 Å². The smallest absolute Gasteiger partial charge is 0.246 e. The van der Waals surface area contributed by atoms with Gasteiger partial charge in [0.1, 0.15) is 11.3 Å².